The Morgan fingerprint density at radius 3 is 2.76 bits per heavy atom. The average Bonchev–Trinajstić information content (AvgIpc) is 2.67. The van der Waals surface area contributed by atoms with Crippen molar-refractivity contribution in [1.29, 1.82) is 0 Å². The van der Waals surface area contributed by atoms with Crippen LogP contribution in [0, 0.1) is 17.0 Å². The first kappa shape index (κ1) is 11.8. The van der Waals surface area contributed by atoms with Crippen LogP contribution in [-0.2, 0) is 6.54 Å². The molecule has 0 saturated heterocycles. The molecule has 88 valence electrons. The van der Waals surface area contributed by atoms with Crippen molar-refractivity contribution in [1.82, 2.24) is 9.78 Å². The predicted octanol–water partition coefficient (Wildman–Crippen LogP) is 2.91. The third kappa shape index (κ3) is 2.52. The van der Waals surface area contributed by atoms with Crippen LogP contribution in [0.25, 0.3) is 0 Å². The molecule has 0 saturated carbocycles. The van der Waals surface area contributed by atoms with Gasteiger partial charge in [0.25, 0.3) is 5.69 Å². The van der Waals surface area contributed by atoms with Crippen LogP contribution in [-0.4, -0.2) is 14.7 Å². The van der Waals surface area contributed by atoms with Gasteiger partial charge >= 0.3 is 0 Å². The van der Waals surface area contributed by atoms with Gasteiger partial charge in [-0.15, -0.1) is 0 Å². The SMILES string of the molecule is Cc1ccnn1Cc1ccc([N+](=O)[O-])cc1Br. The molecule has 0 radical (unpaired) electrons. The summed E-state index contributed by atoms with van der Waals surface area (Å²) in [5.41, 5.74) is 2.09. The molecule has 0 spiro atoms. The van der Waals surface area contributed by atoms with Crippen molar-refractivity contribution in [2.24, 2.45) is 0 Å². The molecule has 17 heavy (non-hydrogen) atoms. The van der Waals surface area contributed by atoms with Gasteiger partial charge in [-0.1, -0.05) is 15.9 Å². The summed E-state index contributed by atoms with van der Waals surface area (Å²) in [5, 5.41) is 14.8. The fourth-order valence-electron chi connectivity index (χ4n) is 1.50. The third-order valence-corrected chi connectivity index (χ3v) is 3.23. The fraction of sp³-hybridized carbons (Fsp3) is 0.182. The van der Waals surface area contributed by atoms with Crippen LogP contribution in [0.4, 0.5) is 5.69 Å². The van der Waals surface area contributed by atoms with Gasteiger partial charge in [-0.2, -0.15) is 5.10 Å². The molecule has 0 bridgehead atoms. The number of rotatable bonds is 3. The van der Waals surface area contributed by atoms with Gasteiger partial charge in [-0.3, -0.25) is 14.8 Å². The summed E-state index contributed by atoms with van der Waals surface area (Å²) < 4.78 is 2.56. The molecule has 2 aromatic rings. The molecule has 6 heteroatoms. The van der Waals surface area contributed by atoms with Crippen molar-refractivity contribution in [2.75, 3.05) is 0 Å². The molecular formula is C11H10BrN3O2. The van der Waals surface area contributed by atoms with Gasteiger partial charge in [-0.05, 0) is 24.6 Å². The standard InChI is InChI=1S/C11H10BrN3O2/c1-8-4-5-13-14(8)7-9-2-3-10(15(16)17)6-11(9)12/h2-6H,7H2,1H3. The molecular weight excluding hydrogens is 286 g/mol. The van der Waals surface area contributed by atoms with E-state index >= 15 is 0 Å². The van der Waals surface area contributed by atoms with Crippen molar-refractivity contribution in [3.63, 3.8) is 0 Å². The van der Waals surface area contributed by atoms with Gasteiger partial charge in [0.2, 0.25) is 0 Å². The van der Waals surface area contributed by atoms with E-state index in [4.69, 9.17) is 0 Å². The number of aryl methyl sites for hydroxylation is 1. The van der Waals surface area contributed by atoms with Crippen molar-refractivity contribution >= 4 is 21.6 Å². The zero-order valence-electron chi connectivity index (χ0n) is 9.13. The fourth-order valence-corrected chi connectivity index (χ4v) is 2.00. The Balaban J connectivity index is 2.29. The Labute approximate surface area is 106 Å². The summed E-state index contributed by atoms with van der Waals surface area (Å²) in [7, 11) is 0. The predicted molar refractivity (Wildman–Crippen MR) is 66.9 cm³/mol. The highest BCUT2D eigenvalue weighted by Gasteiger charge is 2.10. The molecule has 0 aliphatic heterocycles. The number of hydrogen-bond donors (Lipinski definition) is 0. The second kappa shape index (κ2) is 4.67. The van der Waals surface area contributed by atoms with Gasteiger partial charge < -0.3 is 0 Å². The number of non-ortho nitro benzene ring substituents is 1. The van der Waals surface area contributed by atoms with E-state index in [0.29, 0.717) is 6.54 Å². The molecule has 5 nitrogen and oxygen atoms in total. The second-order valence-electron chi connectivity index (χ2n) is 3.66. The van der Waals surface area contributed by atoms with Crippen LogP contribution in [0.1, 0.15) is 11.3 Å². The highest BCUT2D eigenvalue weighted by molar-refractivity contribution is 9.10. The van der Waals surface area contributed by atoms with E-state index in [-0.39, 0.29) is 5.69 Å². The second-order valence-corrected chi connectivity index (χ2v) is 4.52. The van der Waals surface area contributed by atoms with Crippen LogP contribution in [0.2, 0.25) is 0 Å². The first-order valence-electron chi connectivity index (χ1n) is 4.99. The molecule has 0 aliphatic rings. The summed E-state index contributed by atoms with van der Waals surface area (Å²) in [6, 6.07) is 6.66. The lowest BCUT2D eigenvalue weighted by molar-refractivity contribution is -0.384. The summed E-state index contributed by atoms with van der Waals surface area (Å²) in [6.45, 7) is 2.56. The first-order valence-corrected chi connectivity index (χ1v) is 5.78. The average molecular weight is 296 g/mol. The molecule has 0 N–H and O–H groups in total. The smallest absolute Gasteiger partial charge is 0.265 e. The van der Waals surface area contributed by atoms with Crippen LogP contribution in [0.3, 0.4) is 0 Å². The number of nitro benzene ring substituents is 1. The van der Waals surface area contributed by atoms with E-state index < -0.39 is 4.92 Å². The Hall–Kier alpha value is -1.69. The van der Waals surface area contributed by atoms with Crippen molar-refractivity contribution in [2.45, 2.75) is 13.5 Å². The minimum atomic E-state index is -0.409. The summed E-state index contributed by atoms with van der Waals surface area (Å²) in [4.78, 5) is 10.2. The molecule has 0 amide bonds. The summed E-state index contributed by atoms with van der Waals surface area (Å²) in [6.07, 6.45) is 1.73. The zero-order valence-corrected chi connectivity index (χ0v) is 10.7. The van der Waals surface area contributed by atoms with Crippen LogP contribution >= 0.6 is 15.9 Å². The lowest BCUT2D eigenvalue weighted by atomic mass is 10.2. The van der Waals surface area contributed by atoms with Crippen LogP contribution in [0.5, 0.6) is 0 Å². The normalized spacial score (nSPS) is 10.5. The number of halogens is 1. The summed E-state index contributed by atoms with van der Waals surface area (Å²) in [5.74, 6) is 0. The Kier molecular flexibility index (Phi) is 3.23. The first-order chi connectivity index (χ1) is 8.08. The van der Waals surface area contributed by atoms with Crippen molar-refractivity contribution in [3.8, 4) is 0 Å². The molecule has 1 aromatic carbocycles. The van der Waals surface area contributed by atoms with Gasteiger partial charge in [0, 0.05) is 28.5 Å². The molecule has 0 atom stereocenters. The Morgan fingerprint density at radius 2 is 2.24 bits per heavy atom. The lowest BCUT2D eigenvalue weighted by Gasteiger charge is -2.06. The van der Waals surface area contributed by atoms with Crippen molar-refractivity contribution < 1.29 is 4.92 Å². The number of hydrogen-bond acceptors (Lipinski definition) is 3. The maximum absolute atomic E-state index is 10.6. The minimum absolute atomic E-state index is 0.0813. The highest BCUT2D eigenvalue weighted by atomic mass is 79.9. The van der Waals surface area contributed by atoms with E-state index in [9.17, 15) is 10.1 Å². The van der Waals surface area contributed by atoms with Gasteiger partial charge in [0.15, 0.2) is 0 Å². The van der Waals surface area contributed by atoms with E-state index in [1.54, 1.807) is 12.3 Å². The van der Waals surface area contributed by atoms with Gasteiger partial charge in [-0.25, -0.2) is 0 Å². The molecule has 0 aliphatic carbocycles. The van der Waals surface area contributed by atoms with E-state index in [1.165, 1.54) is 12.1 Å². The summed E-state index contributed by atoms with van der Waals surface area (Å²) >= 11 is 3.34. The Bertz CT molecular complexity index is 566. The van der Waals surface area contributed by atoms with Crippen LogP contribution in [0.15, 0.2) is 34.9 Å². The number of aromatic nitrogens is 2. The highest BCUT2D eigenvalue weighted by Crippen LogP contribution is 2.23. The maximum atomic E-state index is 10.6. The van der Waals surface area contributed by atoms with E-state index in [2.05, 4.69) is 21.0 Å². The minimum Gasteiger partial charge on any atom is -0.265 e. The van der Waals surface area contributed by atoms with Crippen LogP contribution < -0.4 is 0 Å². The quantitative estimate of drug-likeness (QED) is 0.646. The molecule has 0 fully saturated rings. The molecule has 1 aromatic heterocycles. The topological polar surface area (TPSA) is 61.0 Å². The number of nitrogens with zero attached hydrogens (tertiary/aromatic N) is 3. The maximum Gasteiger partial charge on any atom is 0.270 e. The molecule has 0 unspecified atom stereocenters. The van der Waals surface area contributed by atoms with Gasteiger partial charge in [0.05, 0.1) is 11.5 Å². The zero-order chi connectivity index (χ0) is 12.4. The van der Waals surface area contributed by atoms with E-state index in [0.717, 1.165) is 15.7 Å². The number of benzene rings is 1. The van der Waals surface area contributed by atoms with Gasteiger partial charge in [0.1, 0.15) is 0 Å². The van der Waals surface area contributed by atoms with E-state index in [1.807, 2.05) is 17.7 Å². The lowest BCUT2D eigenvalue weighted by Crippen LogP contribution is -2.04. The molecule has 2 rings (SSSR count). The largest absolute Gasteiger partial charge is 0.270 e. The number of nitro groups is 1. The molecule has 1 heterocycles. The van der Waals surface area contributed by atoms with Crippen molar-refractivity contribution in [3.05, 3.63) is 56.3 Å². The monoisotopic (exact) mass is 295 g/mol. The Morgan fingerprint density at radius 1 is 1.47 bits per heavy atom. The third-order valence-electron chi connectivity index (χ3n) is 2.50.